The maximum absolute atomic E-state index is 11.9. The minimum atomic E-state index is 0.103. The monoisotopic (exact) mass is 1280 g/mol. The summed E-state index contributed by atoms with van der Waals surface area (Å²) >= 11 is 0. The third-order valence-corrected chi connectivity index (χ3v) is 14.1. The first kappa shape index (κ1) is 82.2. The lowest BCUT2D eigenvalue weighted by atomic mass is 10.1. The highest BCUT2D eigenvalue weighted by molar-refractivity contribution is 8.77. The molecule has 26 nitrogen and oxygen atoms in total. The van der Waals surface area contributed by atoms with E-state index in [1.54, 1.807) is 7.11 Å². The van der Waals surface area contributed by atoms with Gasteiger partial charge in [0.25, 0.3) is 0 Å². The van der Waals surface area contributed by atoms with Gasteiger partial charge in [-0.3, -0.25) is 4.79 Å². The van der Waals surface area contributed by atoms with E-state index in [2.05, 4.69) is 5.32 Å². The molecule has 0 spiro atoms. The molecule has 0 radical (unpaired) electrons. The number of amides is 1. The number of rotatable bonds is 77. The van der Waals surface area contributed by atoms with Crippen molar-refractivity contribution < 1.29 is 118 Å². The number of ether oxygens (including phenoxy) is 24. The average molecular weight is 1280 g/mol. The summed E-state index contributed by atoms with van der Waals surface area (Å²) in [6.07, 6.45) is 5.18. The van der Waals surface area contributed by atoms with Gasteiger partial charge in [0.2, 0.25) is 5.91 Å². The quantitative estimate of drug-likeness (QED) is 0.0679. The van der Waals surface area contributed by atoms with Crippen LogP contribution in [0.5, 0.6) is 0 Å². The topological polar surface area (TPSA) is 251 Å². The number of hydrogen-bond acceptors (Lipinski definition) is 27. The maximum Gasteiger partial charge on any atom is 0.220 e. The Kier molecular flexibility index (Phi) is 73.2. The van der Waals surface area contributed by atoms with Crippen LogP contribution < -0.4 is 5.32 Å². The van der Waals surface area contributed by atoms with Gasteiger partial charge in [0.05, 0.1) is 311 Å². The van der Waals surface area contributed by atoms with Crippen molar-refractivity contribution in [3.63, 3.8) is 0 Å². The van der Waals surface area contributed by atoms with Crippen LogP contribution in [-0.4, -0.2) is 341 Å². The van der Waals surface area contributed by atoms with Crippen molar-refractivity contribution in [1.82, 2.24) is 5.32 Å². The van der Waals surface area contributed by atoms with Crippen LogP contribution in [0.2, 0.25) is 0 Å². The molecule has 1 aliphatic heterocycles. The molecule has 1 amide bonds. The van der Waals surface area contributed by atoms with Crippen LogP contribution in [0.4, 0.5) is 0 Å². The van der Waals surface area contributed by atoms with Gasteiger partial charge in [0.1, 0.15) is 0 Å². The predicted octanol–water partition coefficient (Wildman–Crippen LogP) is 2.84. The Labute approximate surface area is 516 Å². The highest BCUT2D eigenvalue weighted by atomic mass is 33.1. The lowest BCUT2D eigenvalue weighted by molar-refractivity contribution is -0.121. The van der Waals surface area contributed by atoms with Gasteiger partial charge in [-0.05, 0) is 19.3 Å². The molecule has 0 bridgehead atoms. The maximum atomic E-state index is 11.9. The van der Waals surface area contributed by atoms with Crippen molar-refractivity contribution in [2.75, 3.05) is 330 Å². The molecular weight excluding hydrogens is 1160 g/mol. The fourth-order valence-corrected chi connectivity index (χ4v) is 9.68. The highest BCUT2D eigenvalue weighted by Crippen LogP contribution is 2.39. The number of carbonyl (C=O) groups is 1. The van der Waals surface area contributed by atoms with Crippen LogP contribution >= 0.6 is 21.6 Å². The Bertz CT molecular complexity index is 1250. The van der Waals surface area contributed by atoms with Gasteiger partial charge in [-0.1, -0.05) is 28.0 Å². The van der Waals surface area contributed by atoms with E-state index in [4.69, 9.17) is 114 Å². The van der Waals surface area contributed by atoms with Crippen LogP contribution in [0.15, 0.2) is 0 Å². The summed E-state index contributed by atoms with van der Waals surface area (Å²) in [4.78, 5) is 11.9. The van der Waals surface area contributed by atoms with Crippen molar-refractivity contribution in [3.8, 4) is 0 Å². The zero-order valence-corrected chi connectivity index (χ0v) is 53.4. The number of carbonyl (C=O) groups excluding carboxylic acids is 1. The van der Waals surface area contributed by atoms with Crippen LogP contribution in [0.3, 0.4) is 0 Å². The van der Waals surface area contributed by atoms with Gasteiger partial charge in [-0.2, -0.15) is 0 Å². The minimum Gasteiger partial charge on any atom is -0.382 e. The standard InChI is InChI=1S/C57H113NO25S2/c1-60-9-10-62-13-14-64-17-18-66-21-22-68-25-26-70-29-30-72-33-34-74-37-38-76-41-42-78-45-46-80-49-50-82-53-54-83-52-51-81-48-47-79-44-43-77-40-39-75-36-35-73-32-31-71-28-27-69-24-23-67-20-19-65-16-15-63-12-11-61-8-7-58-57(59)5-3-2-4-56-6-55-84-85-56/h56H,2-55H2,1H3,(H,58,59). The first-order valence-electron chi connectivity index (χ1n) is 30.6. The fourth-order valence-electron chi connectivity index (χ4n) is 6.66. The second-order valence-electron chi connectivity index (χ2n) is 18.0. The molecule has 1 fully saturated rings. The molecule has 1 atom stereocenters. The van der Waals surface area contributed by atoms with Gasteiger partial charge in [-0.25, -0.2) is 0 Å². The van der Waals surface area contributed by atoms with Crippen molar-refractivity contribution in [2.24, 2.45) is 0 Å². The number of hydrogen-bond donors (Lipinski definition) is 1. The second kappa shape index (κ2) is 75.7. The summed E-state index contributed by atoms with van der Waals surface area (Å²) < 4.78 is 131. The van der Waals surface area contributed by atoms with Crippen molar-refractivity contribution in [1.29, 1.82) is 0 Å². The highest BCUT2D eigenvalue weighted by Gasteiger charge is 2.16. The molecule has 1 saturated heterocycles. The van der Waals surface area contributed by atoms with E-state index >= 15 is 0 Å². The molecule has 85 heavy (non-hydrogen) atoms. The first-order valence-corrected chi connectivity index (χ1v) is 33.0. The zero-order chi connectivity index (χ0) is 60.4. The van der Waals surface area contributed by atoms with Gasteiger partial charge in [0, 0.05) is 31.1 Å². The normalized spacial score (nSPS) is 13.5. The third-order valence-electron chi connectivity index (χ3n) is 11.1. The molecule has 1 rings (SSSR count). The summed E-state index contributed by atoms with van der Waals surface area (Å²) in [6.45, 7) is 23.9. The first-order chi connectivity index (χ1) is 42.3. The van der Waals surface area contributed by atoms with E-state index in [-0.39, 0.29) is 5.91 Å². The van der Waals surface area contributed by atoms with E-state index < -0.39 is 0 Å². The van der Waals surface area contributed by atoms with E-state index in [9.17, 15) is 4.79 Å². The van der Waals surface area contributed by atoms with Crippen LogP contribution in [0.1, 0.15) is 32.1 Å². The van der Waals surface area contributed by atoms with E-state index in [0.717, 1.165) is 18.1 Å². The molecule has 1 aliphatic rings. The largest absolute Gasteiger partial charge is 0.382 e. The summed E-state index contributed by atoms with van der Waals surface area (Å²) in [5.74, 6) is 1.36. The summed E-state index contributed by atoms with van der Waals surface area (Å²) in [6, 6.07) is 0. The second-order valence-corrected chi connectivity index (χ2v) is 20.8. The summed E-state index contributed by atoms with van der Waals surface area (Å²) in [7, 11) is 5.61. The molecule has 1 heterocycles. The van der Waals surface area contributed by atoms with Crippen molar-refractivity contribution in [2.45, 2.75) is 37.4 Å². The van der Waals surface area contributed by atoms with Crippen molar-refractivity contribution >= 4 is 27.5 Å². The van der Waals surface area contributed by atoms with Gasteiger partial charge in [-0.15, -0.1) is 0 Å². The lowest BCUT2D eigenvalue weighted by Crippen LogP contribution is -2.27. The van der Waals surface area contributed by atoms with Crippen LogP contribution in [0.25, 0.3) is 0 Å². The molecule has 0 saturated carbocycles. The van der Waals surface area contributed by atoms with E-state index in [1.807, 2.05) is 21.6 Å². The molecule has 1 N–H and O–H groups in total. The zero-order valence-electron chi connectivity index (χ0n) is 51.8. The lowest BCUT2D eigenvalue weighted by Gasteiger charge is -2.09. The van der Waals surface area contributed by atoms with Crippen molar-refractivity contribution in [3.05, 3.63) is 0 Å². The van der Waals surface area contributed by atoms with E-state index in [1.165, 1.54) is 18.6 Å². The Morgan fingerprint density at radius 3 is 0.682 bits per heavy atom. The Hall–Kier alpha value is -0.790. The number of methoxy groups -OCH3 is 1. The SMILES string of the molecule is COCCOCCOCCOCCOCCOCCOCCOCCOCCOCCOCCOCCOCCOCCOCCOCCOCCOCCOCCOCCOCCOCCOCCOCCNC(=O)CCCCC1CCSS1. The average Bonchev–Trinajstić information content (AvgIpc) is 4.05. The number of nitrogens with one attached hydrogen (secondary N) is 1. The fraction of sp³-hybridized carbons (Fsp3) is 0.982. The summed E-state index contributed by atoms with van der Waals surface area (Å²) in [5.41, 5.74) is 0. The molecule has 1 unspecified atom stereocenters. The predicted molar refractivity (Wildman–Crippen MR) is 321 cm³/mol. The molecular formula is C57H113NO25S2. The molecule has 0 aromatic rings. The Balaban J connectivity index is 1.59. The molecule has 508 valence electrons. The van der Waals surface area contributed by atoms with Gasteiger partial charge in [0.15, 0.2) is 0 Å². The summed E-state index contributed by atoms with van der Waals surface area (Å²) in [5, 5.41) is 3.69. The van der Waals surface area contributed by atoms with Crippen LogP contribution in [-0.2, 0) is 118 Å². The Morgan fingerprint density at radius 2 is 0.494 bits per heavy atom. The van der Waals surface area contributed by atoms with Gasteiger partial charge < -0.3 is 119 Å². The van der Waals surface area contributed by atoms with Gasteiger partial charge >= 0.3 is 0 Å². The smallest absolute Gasteiger partial charge is 0.220 e. The molecule has 0 aromatic heterocycles. The third kappa shape index (κ3) is 72.2. The van der Waals surface area contributed by atoms with Crippen LogP contribution in [0, 0.1) is 0 Å². The van der Waals surface area contributed by atoms with E-state index in [0.29, 0.717) is 323 Å². The molecule has 0 aromatic carbocycles. The number of unbranched alkanes of at least 4 members (excludes halogenated alkanes) is 1. The Morgan fingerprint density at radius 1 is 0.294 bits per heavy atom. The molecule has 28 heteroatoms. The molecule has 0 aliphatic carbocycles. The minimum absolute atomic E-state index is 0.103.